The second-order valence-electron chi connectivity index (χ2n) is 4.27. The summed E-state index contributed by atoms with van der Waals surface area (Å²) >= 11 is 4.78. The molecule has 0 bridgehead atoms. The summed E-state index contributed by atoms with van der Waals surface area (Å²) in [7, 11) is 0. The van der Waals surface area contributed by atoms with Crippen molar-refractivity contribution >= 4 is 39.3 Å². The average Bonchev–Trinajstić information content (AvgIpc) is 2.93. The van der Waals surface area contributed by atoms with Gasteiger partial charge in [-0.1, -0.05) is 23.9 Å². The first-order valence-corrected chi connectivity index (χ1v) is 8.00. The number of halogens is 1. The maximum Gasteiger partial charge on any atom is 0.248 e. The van der Waals surface area contributed by atoms with Crippen molar-refractivity contribution in [3.63, 3.8) is 0 Å². The maximum atomic E-state index is 5.64. The van der Waals surface area contributed by atoms with E-state index in [0.29, 0.717) is 34.3 Å². The third kappa shape index (κ3) is 3.37. The van der Waals surface area contributed by atoms with Crippen LogP contribution in [0.5, 0.6) is 0 Å². The Morgan fingerprint density at radius 2 is 1.82 bits per heavy atom. The van der Waals surface area contributed by atoms with Gasteiger partial charge in [0.25, 0.3) is 0 Å². The molecule has 0 saturated heterocycles. The summed E-state index contributed by atoms with van der Waals surface area (Å²) in [5.74, 6) is 2.01. The number of nitrogens with zero attached hydrogens (tertiary/aromatic N) is 4. The molecule has 0 fully saturated rings. The molecular formula is C13H11BrN6OS. The molecule has 1 aromatic carbocycles. The quantitative estimate of drug-likeness (QED) is 0.525. The summed E-state index contributed by atoms with van der Waals surface area (Å²) in [6.45, 7) is 0. The number of anilines is 2. The van der Waals surface area contributed by atoms with E-state index in [9.17, 15) is 0 Å². The van der Waals surface area contributed by atoms with Crippen molar-refractivity contribution in [2.45, 2.75) is 10.9 Å². The molecule has 3 rings (SSSR count). The van der Waals surface area contributed by atoms with Gasteiger partial charge in [-0.15, -0.1) is 10.2 Å². The van der Waals surface area contributed by atoms with Crippen molar-refractivity contribution in [1.82, 2.24) is 20.2 Å². The van der Waals surface area contributed by atoms with E-state index < -0.39 is 0 Å². The smallest absolute Gasteiger partial charge is 0.248 e. The number of nitrogens with two attached hydrogens (primary N) is 2. The lowest BCUT2D eigenvalue weighted by molar-refractivity contribution is 0.528. The summed E-state index contributed by atoms with van der Waals surface area (Å²) < 4.78 is 6.53. The molecule has 0 atom stereocenters. The highest BCUT2D eigenvalue weighted by molar-refractivity contribution is 9.10. The predicted octanol–water partition coefficient (Wildman–Crippen LogP) is 2.75. The lowest BCUT2D eigenvalue weighted by Crippen LogP contribution is -1.99. The molecule has 112 valence electrons. The normalized spacial score (nSPS) is 10.8. The van der Waals surface area contributed by atoms with E-state index in [2.05, 4.69) is 36.1 Å². The van der Waals surface area contributed by atoms with Gasteiger partial charge in [-0.05, 0) is 28.1 Å². The highest BCUT2D eigenvalue weighted by Gasteiger charge is 2.12. The second-order valence-corrected chi connectivity index (χ2v) is 6.07. The van der Waals surface area contributed by atoms with Gasteiger partial charge in [0.15, 0.2) is 5.16 Å². The third-order valence-electron chi connectivity index (χ3n) is 2.64. The lowest BCUT2D eigenvalue weighted by Gasteiger charge is -2.00. The topological polar surface area (TPSA) is 117 Å². The number of aromatic nitrogens is 4. The Hall–Kier alpha value is -2.13. The van der Waals surface area contributed by atoms with Gasteiger partial charge in [-0.3, -0.25) is 0 Å². The molecule has 22 heavy (non-hydrogen) atoms. The van der Waals surface area contributed by atoms with E-state index in [-0.39, 0.29) is 0 Å². The van der Waals surface area contributed by atoms with Crippen LogP contribution in [0.4, 0.5) is 11.6 Å². The van der Waals surface area contributed by atoms with Gasteiger partial charge in [-0.25, -0.2) is 9.97 Å². The SMILES string of the molecule is Nc1cc(N)nc(SCc2nnc(-c3ccccc3Br)o2)n1. The fourth-order valence-electron chi connectivity index (χ4n) is 1.71. The number of thioether (sulfide) groups is 1. The zero-order valence-electron chi connectivity index (χ0n) is 11.2. The molecule has 2 heterocycles. The first-order chi connectivity index (χ1) is 10.6. The van der Waals surface area contributed by atoms with Crippen LogP contribution < -0.4 is 11.5 Å². The van der Waals surface area contributed by atoms with Crippen LogP contribution in [-0.4, -0.2) is 20.2 Å². The molecule has 0 spiro atoms. The van der Waals surface area contributed by atoms with Gasteiger partial charge in [0.1, 0.15) is 11.6 Å². The molecule has 0 radical (unpaired) electrons. The Kier molecular flexibility index (Phi) is 4.25. The van der Waals surface area contributed by atoms with Crippen LogP contribution in [0.25, 0.3) is 11.5 Å². The molecule has 2 aromatic heterocycles. The van der Waals surface area contributed by atoms with Crippen LogP contribution >= 0.6 is 27.7 Å². The number of nitrogen functional groups attached to an aromatic ring is 2. The molecule has 0 aliphatic carbocycles. The zero-order chi connectivity index (χ0) is 15.5. The Labute approximate surface area is 138 Å². The molecule has 3 aromatic rings. The summed E-state index contributed by atoms with van der Waals surface area (Å²) in [5.41, 5.74) is 12.1. The number of rotatable bonds is 4. The molecule has 0 aliphatic heterocycles. The minimum absolute atomic E-state index is 0.328. The number of benzene rings is 1. The van der Waals surface area contributed by atoms with Crippen molar-refractivity contribution in [3.05, 3.63) is 40.7 Å². The van der Waals surface area contributed by atoms with Crippen LogP contribution in [0, 0.1) is 0 Å². The summed E-state index contributed by atoms with van der Waals surface area (Å²) in [6, 6.07) is 9.14. The fourth-order valence-corrected chi connectivity index (χ4v) is 2.87. The first kappa shape index (κ1) is 14.8. The van der Waals surface area contributed by atoms with Crippen molar-refractivity contribution in [1.29, 1.82) is 0 Å². The standard InChI is InChI=1S/C13H11BrN6OS/c14-8-4-2-1-3-7(8)12-20-19-11(21-12)6-22-13-17-9(15)5-10(16)18-13/h1-5H,6H2,(H4,15,16,17,18). The zero-order valence-corrected chi connectivity index (χ0v) is 13.6. The molecule has 0 unspecified atom stereocenters. The first-order valence-electron chi connectivity index (χ1n) is 6.22. The van der Waals surface area contributed by atoms with Gasteiger partial charge in [0.05, 0.1) is 11.3 Å². The second kappa shape index (κ2) is 6.32. The van der Waals surface area contributed by atoms with Crippen molar-refractivity contribution in [2.24, 2.45) is 0 Å². The maximum absolute atomic E-state index is 5.64. The Morgan fingerprint density at radius 1 is 1.09 bits per heavy atom. The van der Waals surface area contributed by atoms with Gasteiger partial charge in [-0.2, -0.15) is 0 Å². The monoisotopic (exact) mass is 378 g/mol. The molecular weight excluding hydrogens is 368 g/mol. The number of hydrogen-bond donors (Lipinski definition) is 2. The largest absolute Gasteiger partial charge is 0.420 e. The van der Waals surface area contributed by atoms with Crippen LogP contribution in [0.3, 0.4) is 0 Å². The van der Waals surface area contributed by atoms with E-state index in [1.165, 1.54) is 17.8 Å². The van der Waals surface area contributed by atoms with Gasteiger partial charge in [0, 0.05) is 10.5 Å². The highest BCUT2D eigenvalue weighted by Crippen LogP contribution is 2.28. The van der Waals surface area contributed by atoms with Gasteiger partial charge < -0.3 is 15.9 Å². The Bertz CT molecular complexity index is 788. The summed E-state index contributed by atoms with van der Waals surface area (Å²) in [4.78, 5) is 8.16. The molecule has 0 saturated carbocycles. The van der Waals surface area contributed by atoms with E-state index in [1.807, 2.05) is 24.3 Å². The predicted molar refractivity (Wildman–Crippen MR) is 87.9 cm³/mol. The van der Waals surface area contributed by atoms with Crippen molar-refractivity contribution in [3.8, 4) is 11.5 Å². The molecule has 0 aliphatic rings. The van der Waals surface area contributed by atoms with Crippen LogP contribution in [0.2, 0.25) is 0 Å². The fraction of sp³-hybridized carbons (Fsp3) is 0.0769. The molecule has 9 heteroatoms. The minimum Gasteiger partial charge on any atom is -0.420 e. The molecule has 0 amide bonds. The van der Waals surface area contributed by atoms with Gasteiger partial charge in [0.2, 0.25) is 11.8 Å². The van der Waals surface area contributed by atoms with E-state index in [0.717, 1.165) is 10.0 Å². The van der Waals surface area contributed by atoms with Crippen LogP contribution in [-0.2, 0) is 5.75 Å². The minimum atomic E-state index is 0.328. The highest BCUT2D eigenvalue weighted by atomic mass is 79.9. The van der Waals surface area contributed by atoms with Crippen LogP contribution in [0.15, 0.2) is 44.4 Å². The van der Waals surface area contributed by atoms with E-state index in [1.54, 1.807) is 0 Å². The van der Waals surface area contributed by atoms with E-state index in [4.69, 9.17) is 15.9 Å². The third-order valence-corrected chi connectivity index (χ3v) is 4.16. The van der Waals surface area contributed by atoms with Crippen LogP contribution in [0.1, 0.15) is 5.89 Å². The van der Waals surface area contributed by atoms with Crippen molar-refractivity contribution < 1.29 is 4.42 Å². The summed E-state index contributed by atoms with van der Waals surface area (Å²) in [6.07, 6.45) is 0. The number of hydrogen-bond acceptors (Lipinski definition) is 8. The summed E-state index contributed by atoms with van der Waals surface area (Å²) in [5, 5.41) is 8.53. The average molecular weight is 379 g/mol. The van der Waals surface area contributed by atoms with Crippen molar-refractivity contribution in [2.75, 3.05) is 11.5 Å². The Morgan fingerprint density at radius 3 is 2.55 bits per heavy atom. The van der Waals surface area contributed by atoms with Gasteiger partial charge >= 0.3 is 0 Å². The lowest BCUT2D eigenvalue weighted by atomic mass is 10.2. The Balaban J connectivity index is 1.73. The molecule has 4 N–H and O–H groups in total. The van der Waals surface area contributed by atoms with E-state index >= 15 is 0 Å². The molecule has 7 nitrogen and oxygen atoms in total.